The molecular formula is C25H40N4O3. The molecule has 2 aliphatic rings. The minimum Gasteiger partial charge on any atom is -0.493 e. The molecule has 0 spiro atoms. The van der Waals surface area contributed by atoms with E-state index in [1.165, 1.54) is 24.8 Å². The standard InChI is InChI=1S/C25H40N4O3/c1-4-26-25(27-15-8-9-19-12-13-22(31-2)23(17-19)32-3)28-21-14-16-29(18-21)24(30)20-10-6-5-7-11-20/h12-13,17,20-21H,4-11,14-16,18H2,1-3H3,(H2,26,27,28). The molecule has 32 heavy (non-hydrogen) atoms. The lowest BCUT2D eigenvalue weighted by Crippen LogP contribution is -2.45. The maximum absolute atomic E-state index is 12.8. The van der Waals surface area contributed by atoms with Crippen LogP contribution < -0.4 is 20.1 Å². The molecule has 1 aliphatic heterocycles. The number of likely N-dealkylation sites (tertiary alicyclic amines) is 1. The number of guanidine groups is 1. The van der Waals surface area contributed by atoms with Crippen LogP contribution in [0.3, 0.4) is 0 Å². The summed E-state index contributed by atoms with van der Waals surface area (Å²) in [4.78, 5) is 19.7. The molecule has 178 valence electrons. The first kappa shape index (κ1) is 24.2. The number of methoxy groups -OCH3 is 2. The second-order valence-electron chi connectivity index (χ2n) is 8.80. The summed E-state index contributed by atoms with van der Waals surface area (Å²) >= 11 is 0. The molecule has 1 atom stereocenters. The van der Waals surface area contributed by atoms with Crippen LogP contribution in [0.4, 0.5) is 0 Å². The molecule has 3 rings (SSSR count). The molecule has 1 aliphatic carbocycles. The van der Waals surface area contributed by atoms with Crippen LogP contribution in [0.25, 0.3) is 0 Å². The van der Waals surface area contributed by atoms with Gasteiger partial charge in [-0.05, 0) is 56.7 Å². The fourth-order valence-corrected chi connectivity index (χ4v) is 4.71. The Hall–Kier alpha value is -2.44. The number of hydrogen-bond acceptors (Lipinski definition) is 4. The van der Waals surface area contributed by atoms with E-state index in [-0.39, 0.29) is 12.0 Å². The summed E-state index contributed by atoms with van der Waals surface area (Å²) in [6.45, 7) is 5.27. The van der Waals surface area contributed by atoms with Crippen molar-refractivity contribution in [2.75, 3.05) is 40.4 Å². The van der Waals surface area contributed by atoms with Gasteiger partial charge < -0.3 is 25.0 Å². The summed E-state index contributed by atoms with van der Waals surface area (Å²) in [5, 5.41) is 6.89. The van der Waals surface area contributed by atoms with Gasteiger partial charge in [-0.2, -0.15) is 0 Å². The molecule has 1 aromatic rings. The van der Waals surface area contributed by atoms with Gasteiger partial charge >= 0.3 is 0 Å². The summed E-state index contributed by atoms with van der Waals surface area (Å²) in [5.41, 5.74) is 1.21. The Labute approximate surface area is 192 Å². The van der Waals surface area contributed by atoms with E-state index < -0.39 is 0 Å². The van der Waals surface area contributed by atoms with Gasteiger partial charge in [-0.1, -0.05) is 25.3 Å². The number of carbonyl (C=O) groups excluding carboxylic acids is 1. The van der Waals surface area contributed by atoms with E-state index in [0.717, 1.165) is 75.7 Å². The Bertz CT molecular complexity index is 762. The van der Waals surface area contributed by atoms with Gasteiger partial charge in [0.05, 0.1) is 14.2 Å². The number of carbonyl (C=O) groups is 1. The van der Waals surface area contributed by atoms with Gasteiger partial charge in [0.25, 0.3) is 0 Å². The van der Waals surface area contributed by atoms with Crippen molar-refractivity contribution in [1.82, 2.24) is 15.5 Å². The first-order valence-corrected chi connectivity index (χ1v) is 12.2. The fraction of sp³-hybridized carbons (Fsp3) is 0.680. The second-order valence-corrected chi connectivity index (χ2v) is 8.80. The average molecular weight is 445 g/mol. The summed E-state index contributed by atoms with van der Waals surface area (Å²) in [6.07, 6.45) is 8.67. The van der Waals surface area contributed by atoms with Crippen molar-refractivity contribution in [2.24, 2.45) is 10.9 Å². The van der Waals surface area contributed by atoms with Crippen molar-refractivity contribution in [3.05, 3.63) is 23.8 Å². The van der Waals surface area contributed by atoms with Gasteiger partial charge in [-0.3, -0.25) is 9.79 Å². The van der Waals surface area contributed by atoms with Gasteiger partial charge in [0.1, 0.15) is 0 Å². The summed E-state index contributed by atoms with van der Waals surface area (Å²) in [7, 11) is 3.31. The molecule has 2 N–H and O–H groups in total. The summed E-state index contributed by atoms with van der Waals surface area (Å²) in [5.74, 6) is 2.97. The normalized spacial score (nSPS) is 19.7. The number of nitrogens with one attached hydrogen (secondary N) is 2. The summed E-state index contributed by atoms with van der Waals surface area (Å²) in [6, 6.07) is 6.32. The maximum Gasteiger partial charge on any atom is 0.225 e. The van der Waals surface area contributed by atoms with E-state index in [1.807, 2.05) is 12.1 Å². The highest BCUT2D eigenvalue weighted by atomic mass is 16.5. The van der Waals surface area contributed by atoms with E-state index in [9.17, 15) is 4.79 Å². The van der Waals surface area contributed by atoms with Crippen molar-refractivity contribution in [2.45, 2.75) is 64.3 Å². The van der Waals surface area contributed by atoms with E-state index in [1.54, 1.807) is 14.2 Å². The number of aryl methyl sites for hydroxylation is 1. The zero-order valence-corrected chi connectivity index (χ0v) is 20.0. The lowest BCUT2D eigenvalue weighted by Gasteiger charge is -2.26. The lowest BCUT2D eigenvalue weighted by atomic mass is 9.88. The van der Waals surface area contributed by atoms with Crippen molar-refractivity contribution in [1.29, 1.82) is 0 Å². The lowest BCUT2D eigenvalue weighted by molar-refractivity contribution is -0.135. The van der Waals surface area contributed by atoms with Crippen LogP contribution in [0, 0.1) is 5.92 Å². The first-order valence-electron chi connectivity index (χ1n) is 12.2. The van der Waals surface area contributed by atoms with Crippen LogP contribution >= 0.6 is 0 Å². The van der Waals surface area contributed by atoms with Gasteiger partial charge in [0.15, 0.2) is 17.5 Å². The van der Waals surface area contributed by atoms with Crippen LogP contribution in [0.1, 0.15) is 57.4 Å². The molecule has 7 heteroatoms. The quantitative estimate of drug-likeness (QED) is 0.347. The Morgan fingerprint density at radius 2 is 1.91 bits per heavy atom. The highest BCUT2D eigenvalue weighted by molar-refractivity contribution is 5.81. The molecule has 1 heterocycles. The third kappa shape index (κ3) is 6.78. The fourth-order valence-electron chi connectivity index (χ4n) is 4.71. The van der Waals surface area contributed by atoms with Crippen molar-refractivity contribution in [3.8, 4) is 11.5 Å². The smallest absolute Gasteiger partial charge is 0.225 e. The van der Waals surface area contributed by atoms with Crippen molar-refractivity contribution in [3.63, 3.8) is 0 Å². The van der Waals surface area contributed by atoms with Gasteiger partial charge in [0, 0.05) is 38.1 Å². The Kier molecular flexibility index (Phi) is 9.50. The SMILES string of the molecule is CCNC(=NCCCc1ccc(OC)c(OC)c1)NC1CCN(C(=O)C2CCCCC2)C1. The molecule has 0 radical (unpaired) electrons. The minimum absolute atomic E-state index is 0.251. The van der Waals surface area contributed by atoms with E-state index in [0.29, 0.717) is 5.91 Å². The van der Waals surface area contributed by atoms with Gasteiger partial charge in [-0.15, -0.1) is 0 Å². The molecule has 1 saturated heterocycles. The van der Waals surface area contributed by atoms with Crippen LogP contribution in [-0.2, 0) is 11.2 Å². The molecular weight excluding hydrogens is 404 g/mol. The molecule has 1 amide bonds. The van der Waals surface area contributed by atoms with Gasteiger partial charge in [-0.25, -0.2) is 0 Å². The zero-order chi connectivity index (χ0) is 22.8. The average Bonchev–Trinajstić information content (AvgIpc) is 3.30. The molecule has 0 bridgehead atoms. The van der Waals surface area contributed by atoms with E-state index in [2.05, 4.69) is 28.5 Å². The largest absolute Gasteiger partial charge is 0.493 e. The predicted molar refractivity (Wildman–Crippen MR) is 129 cm³/mol. The third-order valence-corrected chi connectivity index (χ3v) is 6.48. The highest BCUT2D eigenvalue weighted by Gasteiger charge is 2.31. The Morgan fingerprint density at radius 1 is 1.12 bits per heavy atom. The van der Waals surface area contributed by atoms with Crippen molar-refractivity contribution >= 4 is 11.9 Å². The summed E-state index contributed by atoms with van der Waals surface area (Å²) < 4.78 is 10.7. The van der Waals surface area contributed by atoms with Crippen LogP contribution in [0.2, 0.25) is 0 Å². The van der Waals surface area contributed by atoms with Crippen molar-refractivity contribution < 1.29 is 14.3 Å². The number of nitrogens with zero attached hydrogens (tertiary/aromatic N) is 2. The molecule has 7 nitrogen and oxygen atoms in total. The van der Waals surface area contributed by atoms with Crippen LogP contribution in [-0.4, -0.2) is 63.2 Å². The number of ether oxygens (including phenoxy) is 2. The zero-order valence-electron chi connectivity index (χ0n) is 20.0. The van der Waals surface area contributed by atoms with Crippen LogP contribution in [0.15, 0.2) is 23.2 Å². The molecule has 1 aromatic carbocycles. The Morgan fingerprint density at radius 3 is 2.62 bits per heavy atom. The molecule has 1 unspecified atom stereocenters. The van der Waals surface area contributed by atoms with E-state index in [4.69, 9.17) is 14.5 Å². The Balaban J connectivity index is 1.46. The van der Waals surface area contributed by atoms with Gasteiger partial charge in [0.2, 0.25) is 5.91 Å². The first-order chi connectivity index (χ1) is 15.6. The number of aliphatic imine (C=N–C) groups is 1. The molecule has 2 fully saturated rings. The second kappa shape index (κ2) is 12.6. The molecule has 1 saturated carbocycles. The monoisotopic (exact) mass is 444 g/mol. The maximum atomic E-state index is 12.8. The number of hydrogen-bond donors (Lipinski definition) is 2. The number of benzene rings is 1. The predicted octanol–water partition coefficient (Wildman–Crippen LogP) is 3.37. The number of amides is 1. The van der Waals surface area contributed by atoms with Crippen LogP contribution in [0.5, 0.6) is 11.5 Å². The number of rotatable bonds is 9. The van der Waals surface area contributed by atoms with E-state index >= 15 is 0 Å². The highest BCUT2D eigenvalue weighted by Crippen LogP contribution is 2.28. The minimum atomic E-state index is 0.251. The molecule has 0 aromatic heterocycles. The topological polar surface area (TPSA) is 75.2 Å². The third-order valence-electron chi connectivity index (χ3n) is 6.48.